The fourth-order valence-electron chi connectivity index (χ4n) is 2.18. The molecule has 148 valence electrons. The molecule has 2 aromatic rings. The van der Waals surface area contributed by atoms with Crippen LogP contribution in [-0.4, -0.2) is 44.3 Å². The molecule has 0 fully saturated rings. The van der Waals surface area contributed by atoms with Crippen LogP contribution in [0.15, 0.2) is 63.0 Å². The Bertz CT molecular complexity index is 991. The number of anilines is 1. The molecular formula is C18H19BrN4O4S. The summed E-state index contributed by atoms with van der Waals surface area (Å²) < 4.78 is 26.9. The summed E-state index contributed by atoms with van der Waals surface area (Å²) in [4.78, 5) is 23.0. The van der Waals surface area contributed by atoms with E-state index in [1.165, 1.54) is 44.5 Å². The van der Waals surface area contributed by atoms with Gasteiger partial charge in [-0.1, -0.05) is 28.1 Å². The van der Waals surface area contributed by atoms with E-state index >= 15 is 0 Å². The van der Waals surface area contributed by atoms with E-state index in [9.17, 15) is 18.0 Å². The van der Waals surface area contributed by atoms with Crippen LogP contribution in [0.3, 0.4) is 0 Å². The molecule has 0 heterocycles. The van der Waals surface area contributed by atoms with Crippen molar-refractivity contribution in [3.8, 4) is 0 Å². The van der Waals surface area contributed by atoms with Gasteiger partial charge in [0, 0.05) is 24.1 Å². The molecule has 2 amide bonds. The van der Waals surface area contributed by atoms with E-state index < -0.39 is 22.5 Å². The molecule has 0 atom stereocenters. The molecule has 0 saturated carbocycles. The van der Waals surface area contributed by atoms with E-state index in [0.717, 1.165) is 14.3 Å². The van der Waals surface area contributed by atoms with Gasteiger partial charge in [-0.3, -0.25) is 9.59 Å². The molecule has 10 heteroatoms. The van der Waals surface area contributed by atoms with Crippen molar-refractivity contribution in [2.45, 2.75) is 11.8 Å². The number of amides is 2. The number of halogens is 1. The number of nitrogens with one attached hydrogen (secondary N) is 2. The molecule has 0 aliphatic carbocycles. The van der Waals surface area contributed by atoms with Crippen molar-refractivity contribution >= 4 is 49.7 Å². The summed E-state index contributed by atoms with van der Waals surface area (Å²) in [6, 6.07) is 13.0. The summed E-state index contributed by atoms with van der Waals surface area (Å²) in [7, 11) is -2.56. The monoisotopic (exact) mass is 466 g/mol. The first kappa shape index (κ1) is 21.7. The molecule has 0 radical (unpaired) electrons. The molecular weight excluding hydrogens is 448 g/mol. The molecule has 28 heavy (non-hydrogen) atoms. The predicted molar refractivity (Wildman–Crippen MR) is 110 cm³/mol. The Labute approximate surface area is 171 Å². The van der Waals surface area contributed by atoms with Crippen LogP contribution in [0.25, 0.3) is 0 Å². The summed E-state index contributed by atoms with van der Waals surface area (Å²) in [6.07, 6.45) is 1.46. The maximum Gasteiger partial charge on any atom is 0.255 e. The first-order valence-electron chi connectivity index (χ1n) is 8.10. The number of hydrogen-bond donors (Lipinski definition) is 2. The van der Waals surface area contributed by atoms with Crippen molar-refractivity contribution in [2.75, 3.05) is 18.9 Å². The fraction of sp³-hybridized carbons (Fsp3) is 0.167. The molecule has 0 saturated heterocycles. The summed E-state index contributed by atoms with van der Waals surface area (Å²) in [5.74, 6) is -0.833. The zero-order valence-electron chi connectivity index (χ0n) is 15.2. The van der Waals surface area contributed by atoms with Crippen LogP contribution in [-0.2, 0) is 19.6 Å². The lowest BCUT2D eigenvalue weighted by Gasteiger charge is -2.16. The van der Waals surface area contributed by atoms with Gasteiger partial charge in [-0.05, 0) is 42.0 Å². The second-order valence-corrected chi connectivity index (χ2v) is 8.78. The Hall–Kier alpha value is -2.56. The van der Waals surface area contributed by atoms with Crippen molar-refractivity contribution in [3.05, 3.63) is 58.6 Å². The number of carbonyl (C=O) groups is 2. The number of hydrazone groups is 1. The van der Waals surface area contributed by atoms with E-state index in [4.69, 9.17) is 0 Å². The van der Waals surface area contributed by atoms with Crippen LogP contribution in [0, 0.1) is 0 Å². The standard InChI is InChI=1S/C18H19BrN4O4S/c1-13(24)21-16-6-8-17(9-7-16)28(26,27)23(2)12-18(25)22-20-11-14-4-3-5-15(19)10-14/h3-11H,12H2,1-2H3,(H,21,24)(H,22,25)/b20-11+. The summed E-state index contributed by atoms with van der Waals surface area (Å²) in [5.41, 5.74) is 3.55. The summed E-state index contributed by atoms with van der Waals surface area (Å²) in [5, 5.41) is 6.38. The summed E-state index contributed by atoms with van der Waals surface area (Å²) >= 11 is 3.33. The first-order valence-corrected chi connectivity index (χ1v) is 10.3. The van der Waals surface area contributed by atoms with E-state index in [1.54, 1.807) is 0 Å². The molecule has 0 aliphatic rings. The number of carbonyl (C=O) groups excluding carboxylic acids is 2. The van der Waals surface area contributed by atoms with Gasteiger partial charge < -0.3 is 5.32 Å². The quantitative estimate of drug-likeness (QED) is 0.481. The van der Waals surface area contributed by atoms with Crippen molar-refractivity contribution in [1.29, 1.82) is 0 Å². The molecule has 8 nitrogen and oxygen atoms in total. The molecule has 0 bridgehead atoms. The molecule has 0 spiro atoms. The largest absolute Gasteiger partial charge is 0.326 e. The maximum atomic E-state index is 12.5. The minimum absolute atomic E-state index is 0.00883. The zero-order valence-corrected chi connectivity index (χ0v) is 17.6. The first-order chi connectivity index (χ1) is 13.2. The number of hydrogen-bond acceptors (Lipinski definition) is 5. The van der Waals surface area contributed by atoms with Gasteiger partial charge in [0.15, 0.2) is 0 Å². The van der Waals surface area contributed by atoms with Gasteiger partial charge in [-0.15, -0.1) is 0 Å². The van der Waals surface area contributed by atoms with Crippen LogP contribution in [0.2, 0.25) is 0 Å². The van der Waals surface area contributed by atoms with E-state index in [1.807, 2.05) is 24.3 Å². The van der Waals surface area contributed by atoms with Gasteiger partial charge in [0.1, 0.15) is 0 Å². The average Bonchev–Trinajstić information content (AvgIpc) is 2.61. The zero-order chi connectivity index (χ0) is 20.7. The number of nitrogens with zero attached hydrogens (tertiary/aromatic N) is 2. The van der Waals surface area contributed by atoms with Crippen LogP contribution < -0.4 is 10.7 Å². The van der Waals surface area contributed by atoms with E-state index in [-0.39, 0.29) is 10.8 Å². The number of likely N-dealkylation sites (N-methyl/N-ethyl adjacent to an activating group) is 1. The average molecular weight is 467 g/mol. The van der Waals surface area contributed by atoms with E-state index in [2.05, 4.69) is 31.8 Å². The number of sulfonamides is 1. The van der Waals surface area contributed by atoms with E-state index in [0.29, 0.717) is 5.69 Å². The minimum Gasteiger partial charge on any atom is -0.326 e. The molecule has 2 N–H and O–H groups in total. The third-order valence-corrected chi connectivity index (χ3v) is 5.81. The van der Waals surface area contributed by atoms with Gasteiger partial charge in [0.05, 0.1) is 17.7 Å². The van der Waals surface area contributed by atoms with Gasteiger partial charge in [0.2, 0.25) is 15.9 Å². The van der Waals surface area contributed by atoms with Gasteiger partial charge in [-0.2, -0.15) is 9.41 Å². The minimum atomic E-state index is -3.86. The second-order valence-electron chi connectivity index (χ2n) is 5.81. The molecule has 0 aliphatic heterocycles. The maximum absolute atomic E-state index is 12.5. The van der Waals surface area contributed by atoms with Crippen LogP contribution in [0.1, 0.15) is 12.5 Å². The SMILES string of the molecule is CC(=O)Nc1ccc(S(=O)(=O)N(C)CC(=O)N/N=C/c2cccc(Br)c2)cc1. The lowest BCUT2D eigenvalue weighted by molar-refractivity contribution is -0.121. The molecule has 0 unspecified atom stereocenters. The lowest BCUT2D eigenvalue weighted by atomic mass is 10.2. The Morgan fingerprint density at radius 2 is 1.86 bits per heavy atom. The van der Waals surface area contributed by atoms with Crippen LogP contribution >= 0.6 is 15.9 Å². The summed E-state index contributed by atoms with van der Waals surface area (Å²) in [6.45, 7) is 0.960. The highest BCUT2D eigenvalue weighted by atomic mass is 79.9. The third-order valence-electron chi connectivity index (χ3n) is 3.50. The Kier molecular flexibility index (Phi) is 7.44. The highest BCUT2D eigenvalue weighted by Crippen LogP contribution is 2.17. The van der Waals surface area contributed by atoms with Crippen molar-refractivity contribution in [3.63, 3.8) is 0 Å². The van der Waals surface area contributed by atoms with Crippen molar-refractivity contribution < 1.29 is 18.0 Å². The van der Waals surface area contributed by atoms with Gasteiger partial charge in [0.25, 0.3) is 5.91 Å². The predicted octanol–water partition coefficient (Wildman–Crippen LogP) is 2.18. The number of benzene rings is 2. The smallest absolute Gasteiger partial charge is 0.255 e. The highest BCUT2D eigenvalue weighted by molar-refractivity contribution is 9.10. The highest BCUT2D eigenvalue weighted by Gasteiger charge is 2.22. The van der Waals surface area contributed by atoms with Gasteiger partial charge in [-0.25, -0.2) is 13.8 Å². The number of rotatable bonds is 7. The van der Waals surface area contributed by atoms with Gasteiger partial charge >= 0.3 is 0 Å². The van der Waals surface area contributed by atoms with Crippen LogP contribution in [0.4, 0.5) is 5.69 Å². The van der Waals surface area contributed by atoms with Crippen molar-refractivity contribution in [2.24, 2.45) is 5.10 Å². The molecule has 2 rings (SSSR count). The Balaban J connectivity index is 1.97. The molecule has 0 aromatic heterocycles. The topological polar surface area (TPSA) is 108 Å². The van der Waals surface area contributed by atoms with Crippen molar-refractivity contribution in [1.82, 2.24) is 9.73 Å². The molecule has 2 aromatic carbocycles. The lowest BCUT2D eigenvalue weighted by Crippen LogP contribution is -2.36. The Morgan fingerprint density at radius 1 is 1.18 bits per heavy atom. The fourth-order valence-corrected chi connectivity index (χ4v) is 3.73. The van der Waals surface area contributed by atoms with Crippen LogP contribution in [0.5, 0.6) is 0 Å². The Morgan fingerprint density at radius 3 is 2.46 bits per heavy atom. The third kappa shape index (κ3) is 6.25. The normalized spacial score (nSPS) is 11.6. The second kappa shape index (κ2) is 9.58.